The molecule has 0 aromatic heterocycles. The second kappa shape index (κ2) is 5.41. The van der Waals surface area contributed by atoms with E-state index in [0.29, 0.717) is 16.2 Å². The van der Waals surface area contributed by atoms with E-state index in [4.69, 9.17) is 0 Å². The minimum Gasteiger partial charge on any atom is -0.355 e. The Morgan fingerprint density at radius 1 is 1.10 bits per heavy atom. The molecule has 6 heteroatoms. The van der Waals surface area contributed by atoms with Crippen LogP contribution in [0.4, 0.5) is 11.4 Å². The highest BCUT2D eigenvalue weighted by molar-refractivity contribution is 8.04. The molecule has 1 aliphatic rings. The van der Waals surface area contributed by atoms with E-state index < -0.39 is 4.92 Å². The smallest absolute Gasteiger partial charge is 0.292 e. The quantitative estimate of drug-likeness (QED) is 0.529. The molecular weight excluding hydrogens is 288 g/mol. The SMILES string of the molecule is O=C1C(=CNc2ccccc2[N+](=O)[O-])Sc2ccccc21. The molecule has 5 nitrogen and oxygen atoms in total. The highest BCUT2D eigenvalue weighted by Crippen LogP contribution is 2.39. The van der Waals surface area contributed by atoms with E-state index in [1.165, 1.54) is 24.0 Å². The normalized spacial score (nSPS) is 15.0. The number of carbonyl (C=O) groups is 1. The maximum atomic E-state index is 12.2. The monoisotopic (exact) mass is 298 g/mol. The summed E-state index contributed by atoms with van der Waals surface area (Å²) < 4.78 is 0. The number of para-hydroxylation sites is 2. The van der Waals surface area contributed by atoms with Gasteiger partial charge in [-0.15, -0.1) is 0 Å². The Balaban J connectivity index is 1.86. The van der Waals surface area contributed by atoms with Gasteiger partial charge in [-0.2, -0.15) is 0 Å². The van der Waals surface area contributed by atoms with E-state index in [0.717, 1.165) is 4.90 Å². The molecule has 0 atom stereocenters. The van der Waals surface area contributed by atoms with Crippen LogP contribution < -0.4 is 5.32 Å². The molecule has 104 valence electrons. The van der Waals surface area contributed by atoms with Gasteiger partial charge in [-0.1, -0.05) is 36.0 Å². The van der Waals surface area contributed by atoms with E-state index in [1.807, 2.05) is 18.2 Å². The molecular formula is C15H10N2O3S. The molecule has 0 bridgehead atoms. The van der Waals surface area contributed by atoms with Crippen LogP contribution in [0.3, 0.4) is 0 Å². The van der Waals surface area contributed by atoms with Crippen molar-refractivity contribution in [1.82, 2.24) is 0 Å². The molecule has 0 amide bonds. The molecule has 21 heavy (non-hydrogen) atoms. The number of carbonyl (C=O) groups excluding carboxylic acids is 1. The second-order valence-electron chi connectivity index (χ2n) is 4.35. The fraction of sp³-hybridized carbons (Fsp3) is 0. The van der Waals surface area contributed by atoms with Gasteiger partial charge in [0.05, 0.1) is 9.83 Å². The van der Waals surface area contributed by atoms with Gasteiger partial charge < -0.3 is 5.32 Å². The summed E-state index contributed by atoms with van der Waals surface area (Å²) in [6, 6.07) is 13.7. The molecule has 1 heterocycles. The standard InChI is InChI=1S/C15H10N2O3S/c18-15-10-5-1-4-8-13(10)21-14(15)9-16-11-6-2-3-7-12(11)17(19)20/h1-9,16H. The van der Waals surface area contributed by atoms with E-state index in [-0.39, 0.29) is 11.5 Å². The van der Waals surface area contributed by atoms with E-state index in [2.05, 4.69) is 5.32 Å². The van der Waals surface area contributed by atoms with Gasteiger partial charge in [-0.25, -0.2) is 0 Å². The molecule has 2 aromatic carbocycles. The lowest BCUT2D eigenvalue weighted by atomic mass is 10.1. The second-order valence-corrected chi connectivity index (χ2v) is 5.44. The molecule has 0 saturated heterocycles. The zero-order valence-electron chi connectivity index (χ0n) is 10.8. The predicted octanol–water partition coefficient (Wildman–Crippen LogP) is 3.84. The van der Waals surface area contributed by atoms with Crippen LogP contribution in [-0.4, -0.2) is 10.7 Å². The van der Waals surface area contributed by atoms with Crippen LogP contribution in [0, 0.1) is 10.1 Å². The molecule has 0 radical (unpaired) electrons. The first-order valence-corrected chi connectivity index (χ1v) is 7.00. The topological polar surface area (TPSA) is 72.2 Å². The zero-order chi connectivity index (χ0) is 14.8. The summed E-state index contributed by atoms with van der Waals surface area (Å²) in [6.45, 7) is 0. The summed E-state index contributed by atoms with van der Waals surface area (Å²) in [7, 11) is 0. The van der Waals surface area contributed by atoms with E-state index in [1.54, 1.807) is 24.3 Å². The lowest BCUT2D eigenvalue weighted by Crippen LogP contribution is -1.99. The summed E-state index contributed by atoms with van der Waals surface area (Å²) in [5, 5.41) is 13.8. The van der Waals surface area contributed by atoms with Crippen molar-refractivity contribution in [3.63, 3.8) is 0 Å². The summed E-state index contributed by atoms with van der Waals surface area (Å²) in [5.41, 5.74) is 1.000. The van der Waals surface area contributed by atoms with Gasteiger partial charge >= 0.3 is 0 Å². The van der Waals surface area contributed by atoms with Crippen molar-refractivity contribution in [3.05, 3.63) is 75.3 Å². The number of fused-ring (bicyclic) bond motifs is 1. The number of allylic oxidation sites excluding steroid dienone is 1. The number of anilines is 1. The molecule has 0 saturated carbocycles. The highest BCUT2D eigenvalue weighted by Gasteiger charge is 2.25. The predicted molar refractivity (Wildman–Crippen MR) is 81.4 cm³/mol. The van der Waals surface area contributed by atoms with Crippen molar-refractivity contribution < 1.29 is 9.72 Å². The number of nitro groups is 1. The Bertz CT molecular complexity index is 771. The third kappa shape index (κ3) is 2.53. The largest absolute Gasteiger partial charge is 0.355 e. The molecule has 0 spiro atoms. The van der Waals surface area contributed by atoms with Gasteiger partial charge in [0, 0.05) is 22.7 Å². The number of Topliss-reactive ketones (excluding diaryl/α,β-unsaturated/α-hetero) is 1. The van der Waals surface area contributed by atoms with Gasteiger partial charge in [0.15, 0.2) is 0 Å². The Morgan fingerprint density at radius 2 is 1.81 bits per heavy atom. The molecule has 2 aromatic rings. The number of nitrogens with one attached hydrogen (secondary N) is 1. The highest BCUT2D eigenvalue weighted by atomic mass is 32.2. The lowest BCUT2D eigenvalue weighted by molar-refractivity contribution is -0.383. The van der Waals surface area contributed by atoms with Crippen LogP contribution in [0.2, 0.25) is 0 Å². The van der Waals surface area contributed by atoms with Crippen molar-refractivity contribution in [2.24, 2.45) is 0 Å². The fourth-order valence-corrected chi connectivity index (χ4v) is 3.01. The average molecular weight is 298 g/mol. The van der Waals surface area contributed by atoms with Crippen LogP contribution in [0.25, 0.3) is 0 Å². The fourth-order valence-electron chi connectivity index (χ4n) is 2.03. The maximum absolute atomic E-state index is 12.2. The molecule has 0 fully saturated rings. The number of ketones is 1. The molecule has 0 unspecified atom stereocenters. The Labute approximate surface area is 124 Å². The van der Waals surface area contributed by atoms with Gasteiger partial charge in [0.2, 0.25) is 5.78 Å². The van der Waals surface area contributed by atoms with Crippen molar-refractivity contribution in [1.29, 1.82) is 0 Å². The zero-order valence-corrected chi connectivity index (χ0v) is 11.6. The number of thioether (sulfide) groups is 1. The van der Waals surface area contributed by atoms with Crippen molar-refractivity contribution in [2.75, 3.05) is 5.32 Å². The van der Waals surface area contributed by atoms with E-state index in [9.17, 15) is 14.9 Å². The van der Waals surface area contributed by atoms with Crippen LogP contribution in [0.5, 0.6) is 0 Å². The Kier molecular flexibility index (Phi) is 3.45. The average Bonchev–Trinajstić information content (AvgIpc) is 2.82. The molecule has 3 rings (SSSR count). The lowest BCUT2D eigenvalue weighted by Gasteiger charge is -2.02. The van der Waals surface area contributed by atoms with Gasteiger partial charge in [0.1, 0.15) is 5.69 Å². The number of rotatable bonds is 3. The first-order chi connectivity index (χ1) is 10.2. The third-order valence-corrected chi connectivity index (χ3v) is 4.13. The van der Waals surface area contributed by atoms with Gasteiger partial charge in [0.25, 0.3) is 5.69 Å². The van der Waals surface area contributed by atoms with Crippen molar-refractivity contribution >= 4 is 28.9 Å². The van der Waals surface area contributed by atoms with Crippen LogP contribution in [-0.2, 0) is 0 Å². The summed E-state index contributed by atoms with van der Waals surface area (Å²) in [6.07, 6.45) is 1.52. The van der Waals surface area contributed by atoms with Crippen LogP contribution >= 0.6 is 11.8 Å². The first-order valence-electron chi connectivity index (χ1n) is 6.18. The first kappa shape index (κ1) is 13.4. The maximum Gasteiger partial charge on any atom is 0.292 e. The van der Waals surface area contributed by atoms with Gasteiger partial charge in [-0.3, -0.25) is 14.9 Å². The summed E-state index contributed by atoms with van der Waals surface area (Å²) in [5.74, 6) is -0.0679. The number of nitro benzene ring substituents is 1. The number of nitrogens with zero attached hydrogens (tertiary/aromatic N) is 1. The molecule has 0 aliphatic carbocycles. The van der Waals surface area contributed by atoms with Crippen molar-refractivity contribution in [3.8, 4) is 0 Å². The Morgan fingerprint density at radius 3 is 2.57 bits per heavy atom. The summed E-state index contributed by atoms with van der Waals surface area (Å²) in [4.78, 5) is 24.1. The van der Waals surface area contributed by atoms with E-state index >= 15 is 0 Å². The number of hydrogen-bond acceptors (Lipinski definition) is 5. The number of hydrogen-bond donors (Lipinski definition) is 1. The van der Waals surface area contributed by atoms with Crippen molar-refractivity contribution in [2.45, 2.75) is 4.90 Å². The molecule has 1 aliphatic heterocycles. The van der Waals surface area contributed by atoms with Crippen LogP contribution in [0.1, 0.15) is 10.4 Å². The number of benzene rings is 2. The minimum atomic E-state index is -0.459. The van der Waals surface area contributed by atoms with Gasteiger partial charge in [-0.05, 0) is 18.2 Å². The van der Waals surface area contributed by atoms with Crippen LogP contribution in [0.15, 0.2) is 64.5 Å². The minimum absolute atomic E-state index is 0.0256. The third-order valence-electron chi connectivity index (χ3n) is 3.03. The molecule has 1 N–H and O–H groups in total. The Hall–Kier alpha value is -2.60. The summed E-state index contributed by atoms with van der Waals surface area (Å²) >= 11 is 1.36.